The van der Waals surface area contributed by atoms with Crippen LogP contribution < -0.4 is 5.32 Å². The minimum Gasteiger partial charge on any atom is -0.339 e. The van der Waals surface area contributed by atoms with Gasteiger partial charge in [0.1, 0.15) is 0 Å². The molecule has 1 aromatic heterocycles. The zero-order valence-corrected chi connectivity index (χ0v) is 18.7. The summed E-state index contributed by atoms with van der Waals surface area (Å²) in [6.45, 7) is 3.67. The number of nitrogens with one attached hydrogen (secondary N) is 1. The van der Waals surface area contributed by atoms with Gasteiger partial charge >= 0.3 is 0 Å². The lowest BCUT2D eigenvalue weighted by molar-refractivity contribution is 0.0720. The first-order chi connectivity index (χ1) is 14.7. The van der Waals surface area contributed by atoms with Gasteiger partial charge in [-0.3, -0.25) is 9.59 Å². The van der Waals surface area contributed by atoms with E-state index in [9.17, 15) is 9.59 Å². The van der Waals surface area contributed by atoms with Crippen molar-refractivity contribution in [2.24, 2.45) is 0 Å². The van der Waals surface area contributed by atoms with Crippen LogP contribution in [-0.2, 0) is 0 Å². The molecule has 1 saturated heterocycles. The van der Waals surface area contributed by atoms with Crippen molar-refractivity contribution >= 4 is 50.8 Å². The fraction of sp³-hybridized carbons (Fsp3) is 0.348. The molecule has 0 spiro atoms. The van der Waals surface area contributed by atoms with Gasteiger partial charge in [0.15, 0.2) is 4.34 Å². The highest BCUT2D eigenvalue weighted by Gasteiger charge is 2.23. The van der Waals surface area contributed by atoms with Crippen LogP contribution in [0.25, 0.3) is 10.2 Å². The summed E-state index contributed by atoms with van der Waals surface area (Å²) in [6, 6.07) is 12.8. The van der Waals surface area contributed by atoms with Crippen molar-refractivity contribution in [3.63, 3.8) is 0 Å². The Morgan fingerprint density at radius 3 is 2.63 bits per heavy atom. The van der Waals surface area contributed by atoms with Crippen LogP contribution in [0.15, 0.2) is 46.8 Å². The van der Waals surface area contributed by atoms with Gasteiger partial charge in [-0.2, -0.15) is 0 Å². The fourth-order valence-corrected chi connectivity index (χ4v) is 5.60. The maximum absolute atomic E-state index is 13.0. The molecule has 7 heteroatoms. The van der Waals surface area contributed by atoms with E-state index < -0.39 is 0 Å². The van der Waals surface area contributed by atoms with Crippen molar-refractivity contribution in [1.82, 2.24) is 9.88 Å². The summed E-state index contributed by atoms with van der Waals surface area (Å²) < 4.78 is 2.09. The van der Waals surface area contributed by atoms with E-state index >= 15 is 0 Å². The zero-order valence-electron chi connectivity index (χ0n) is 17.0. The summed E-state index contributed by atoms with van der Waals surface area (Å²) in [4.78, 5) is 32.5. The van der Waals surface area contributed by atoms with Crippen molar-refractivity contribution in [3.8, 4) is 0 Å². The van der Waals surface area contributed by atoms with Gasteiger partial charge in [-0.1, -0.05) is 30.8 Å². The summed E-state index contributed by atoms with van der Waals surface area (Å²) in [5.41, 5.74) is 2.53. The third-order valence-electron chi connectivity index (χ3n) is 5.10. The highest BCUT2D eigenvalue weighted by molar-refractivity contribution is 8.01. The molecule has 0 aliphatic carbocycles. The van der Waals surface area contributed by atoms with Crippen LogP contribution in [0, 0.1) is 0 Å². The summed E-state index contributed by atoms with van der Waals surface area (Å²) in [5.74, 6) is 0.724. The quantitative estimate of drug-likeness (QED) is 0.502. The van der Waals surface area contributed by atoms with E-state index in [0.29, 0.717) is 16.8 Å². The van der Waals surface area contributed by atoms with Crippen LogP contribution in [0.5, 0.6) is 0 Å². The molecule has 156 valence electrons. The molecule has 2 aromatic carbocycles. The third kappa shape index (κ3) is 4.68. The molecule has 2 heterocycles. The van der Waals surface area contributed by atoms with Gasteiger partial charge in [0.2, 0.25) is 0 Å². The SMILES string of the molecule is CCCSc1nc2ccc(NC(=O)c3ccccc3C(=O)N3CCCCC3)cc2s1. The van der Waals surface area contributed by atoms with Gasteiger partial charge in [0.25, 0.3) is 11.8 Å². The summed E-state index contributed by atoms with van der Waals surface area (Å²) in [5, 5.41) is 2.96. The number of carbonyl (C=O) groups excluding carboxylic acids is 2. The van der Waals surface area contributed by atoms with E-state index in [1.54, 1.807) is 41.3 Å². The number of aromatic nitrogens is 1. The van der Waals surface area contributed by atoms with Crippen LogP contribution in [0.3, 0.4) is 0 Å². The van der Waals surface area contributed by atoms with Crippen molar-refractivity contribution in [3.05, 3.63) is 53.6 Å². The lowest BCUT2D eigenvalue weighted by Crippen LogP contribution is -2.36. The van der Waals surface area contributed by atoms with Gasteiger partial charge in [0.05, 0.1) is 21.3 Å². The van der Waals surface area contributed by atoms with Crippen molar-refractivity contribution < 1.29 is 9.59 Å². The van der Waals surface area contributed by atoms with Gasteiger partial charge < -0.3 is 10.2 Å². The van der Waals surface area contributed by atoms with Crippen molar-refractivity contribution in [1.29, 1.82) is 0 Å². The third-order valence-corrected chi connectivity index (χ3v) is 7.47. The molecule has 0 bridgehead atoms. The second-order valence-corrected chi connectivity index (χ2v) is 9.74. The Labute approximate surface area is 184 Å². The maximum atomic E-state index is 13.0. The minimum atomic E-state index is -0.264. The number of likely N-dealkylation sites (tertiary alicyclic amines) is 1. The average Bonchev–Trinajstić information content (AvgIpc) is 3.20. The number of fused-ring (bicyclic) bond motifs is 1. The molecule has 2 amide bonds. The van der Waals surface area contributed by atoms with Gasteiger partial charge in [-0.05, 0) is 56.0 Å². The standard InChI is InChI=1S/C23H25N3O2S2/c1-2-14-29-23-25-19-11-10-16(15-20(19)30-23)24-21(27)17-8-4-5-9-18(17)22(28)26-12-6-3-7-13-26/h4-5,8-11,15H,2-3,6-7,12-14H2,1H3,(H,24,27). The largest absolute Gasteiger partial charge is 0.339 e. The van der Waals surface area contributed by atoms with Crippen molar-refractivity contribution in [2.45, 2.75) is 36.9 Å². The molecule has 1 aliphatic heterocycles. The first-order valence-corrected chi connectivity index (χ1v) is 12.2. The Morgan fingerprint density at radius 2 is 1.87 bits per heavy atom. The Bertz CT molecular complexity index is 1060. The van der Waals surface area contributed by atoms with Crippen LogP contribution in [0.4, 0.5) is 5.69 Å². The Morgan fingerprint density at radius 1 is 1.10 bits per heavy atom. The summed E-state index contributed by atoms with van der Waals surface area (Å²) >= 11 is 3.40. The lowest BCUT2D eigenvalue weighted by Gasteiger charge is -2.27. The first-order valence-electron chi connectivity index (χ1n) is 10.4. The number of benzene rings is 2. The molecule has 30 heavy (non-hydrogen) atoms. The molecule has 0 atom stereocenters. The minimum absolute atomic E-state index is 0.0593. The van der Waals surface area contributed by atoms with Crippen LogP contribution >= 0.6 is 23.1 Å². The van der Waals surface area contributed by atoms with Crippen LogP contribution in [-0.4, -0.2) is 40.5 Å². The zero-order chi connectivity index (χ0) is 20.9. The van der Waals surface area contributed by atoms with Gasteiger partial charge in [0, 0.05) is 24.5 Å². The number of hydrogen-bond acceptors (Lipinski definition) is 5. The fourth-order valence-electron chi connectivity index (χ4n) is 3.57. The van der Waals surface area contributed by atoms with Gasteiger partial charge in [-0.25, -0.2) is 4.98 Å². The number of piperidine rings is 1. The lowest BCUT2D eigenvalue weighted by atomic mass is 10.0. The molecular weight excluding hydrogens is 414 g/mol. The molecule has 5 nitrogen and oxygen atoms in total. The Balaban J connectivity index is 1.53. The van der Waals surface area contributed by atoms with Gasteiger partial charge in [-0.15, -0.1) is 11.3 Å². The van der Waals surface area contributed by atoms with Crippen LogP contribution in [0.1, 0.15) is 53.3 Å². The molecule has 1 fully saturated rings. The highest BCUT2D eigenvalue weighted by atomic mass is 32.2. The molecular formula is C23H25N3O2S2. The summed E-state index contributed by atoms with van der Waals surface area (Å²) in [6.07, 6.45) is 4.31. The molecule has 1 N–H and O–H groups in total. The van der Waals surface area contributed by atoms with Crippen molar-refractivity contribution in [2.75, 3.05) is 24.2 Å². The average molecular weight is 440 g/mol. The van der Waals surface area contributed by atoms with E-state index in [1.807, 2.05) is 29.2 Å². The van der Waals surface area contributed by atoms with E-state index in [-0.39, 0.29) is 11.8 Å². The first kappa shape index (κ1) is 20.9. The second-order valence-electron chi connectivity index (χ2n) is 7.36. The number of amides is 2. The Kier molecular flexibility index (Phi) is 6.69. The molecule has 1 aliphatic rings. The molecule has 0 saturated carbocycles. The topological polar surface area (TPSA) is 62.3 Å². The number of hydrogen-bond donors (Lipinski definition) is 1. The molecule has 0 unspecified atom stereocenters. The molecule has 3 aromatic rings. The Hall–Kier alpha value is -2.38. The molecule has 0 radical (unpaired) electrons. The maximum Gasteiger partial charge on any atom is 0.256 e. The number of carbonyl (C=O) groups is 2. The normalized spacial score (nSPS) is 14.1. The predicted molar refractivity (Wildman–Crippen MR) is 125 cm³/mol. The predicted octanol–water partition coefficient (Wildman–Crippen LogP) is 5.68. The monoisotopic (exact) mass is 439 g/mol. The van der Waals surface area contributed by atoms with E-state index in [4.69, 9.17) is 0 Å². The molecule has 4 rings (SSSR count). The number of anilines is 1. The number of thioether (sulfide) groups is 1. The smallest absolute Gasteiger partial charge is 0.256 e. The number of nitrogens with zero attached hydrogens (tertiary/aromatic N) is 2. The number of rotatable bonds is 6. The number of thiazole rings is 1. The van der Waals surface area contributed by atoms with E-state index in [0.717, 1.165) is 59.1 Å². The van der Waals surface area contributed by atoms with Crippen LogP contribution in [0.2, 0.25) is 0 Å². The highest BCUT2D eigenvalue weighted by Crippen LogP contribution is 2.31. The summed E-state index contributed by atoms with van der Waals surface area (Å²) in [7, 11) is 0. The second kappa shape index (κ2) is 9.62. The van der Waals surface area contributed by atoms with E-state index in [1.165, 1.54) is 0 Å². The van der Waals surface area contributed by atoms with E-state index in [2.05, 4.69) is 17.2 Å².